The van der Waals surface area contributed by atoms with Gasteiger partial charge in [0.05, 0.1) is 11.9 Å². The Kier molecular flexibility index (Phi) is 6.42. The summed E-state index contributed by atoms with van der Waals surface area (Å²) in [6.07, 6.45) is 1.11. The van der Waals surface area contributed by atoms with Gasteiger partial charge in [-0.25, -0.2) is 8.42 Å². The number of carbonyl (C=O) groups excluding carboxylic acids is 1. The molecule has 0 aromatic heterocycles. The van der Waals surface area contributed by atoms with Gasteiger partial charge in [0.1, 0.15) is 6.54 Å². The van der Waals surface area contributed by atoms with Gasteiger partial charge in [-0.3, -0.25) is 9.10 Å². The van der Waals surface area contributed by atoms with Crippen LogP contribution in [0, 0.1) is 6.92 Å². The summed E-state index contributed by atoms with van der Waals surface area (Å²) in [5.41, 5.74) is 3.72. The Bertz CT molecular complexity index is 842. The molecule has 0 radical (unpaired) electrons. The van der Waals surface area contributed by atoms with Gasteiger partial charge in [0.25, 0.3) is 0 Å². The Morgan fingerprint density at radius 1 is 1.04 bits per heavy atom. The molecule has 2 aromatic carbocycles. The van der Waals surface area contributed by atoms with Crippen LogP contribution in [0.2, 0.25) is 0 Å². The molecule has 0 aliphatic heterocycles. The Labute approximate surface area is 156 Å². The highest BCUT2D eigenvalue weighted by Crippen LogP contribution is 2.21. The summed E-state index contributed by atoms with van der Waals surface area (Å²) in [5, 5.41) is 2.78. The summed E-state index contributed by atoms with van der Waals surface area (Å²) in [5.74, 6) is 0.0116. The molecule has 140 valence electrons. The number of aryl methyl sites for hydroxylation is 1. The van der Waals surface area contributed by atoms with E-state index in [1.165, 1.54) is 0 Å². The summed E-state index contributed by atoms with van der Waals surface area (Å²) >= 11 is 0. The zero-order valence-electron chi connectivity index (χ0n) is 15.7. The largest absolute Gasteiger partial charge is 0.350 e. The van der Waals surface area contributed by atoms with Crippen LogP contribution < -0.4 is 9.62 Å². The third kappa shape index (κ3) is 5.59. The van der Waals surface area contributed by atoms with E-state index in [1.807, 2.05) is 43.3 Å². The zero-order chi connectivity index (χ0) is 19.3. The molecule has 0 fully saturated rings. The molecule has 0 spiro atoms. The van der Waals surface area contributed by atoms with Crippen LogP contribution in [0.5, 0.6) is 0 Å². The van der Waals surface area contributed by atoms with E-state index in [2.05, 4.69) is 19.2 Å². The van der Waals surface area contributed by atoms with Crippen molar-refractivity contribution >= 4 is 21.6 Å². The predicted molar refractivity (Wildman–Crippen MR) is 106 cm³/mol. The zero-order valence-corrected chi connectivity index (χ0v) is 16.5. The Morgan fingerprint density at radius 2 is 1.62 bits per heavy atom. The van der Waals surface area contributed by atoms with Crippen molar-refractivity contribution in [2.75, 3.05) is 17.1 Å². The van der Waals surface area contributed by atoms with Gasteiger partial charge in [-0.2, -0.15) is 0 Å². The first kappa shape index (κ1) is 20.0. The maximum absolute atomic E-state index is 12.3. The number of amides is 1. The van der Waals surface area contributed by atoms with E-state index in [-0.39, 0.29) is 12.5 Å². The Morgan fingerprint density at radius 3 is 2.12 bits per heavy atom. The van der Waals surface area contributed by atoms with Crippen molar-refractivity contribution < 1.29 is 13.2 Å². The monoisotopic (exact) mass is 374 g/mol. The van der Waals surface area contributed by atoms with Gasteiger partial charge in [0.15, 0.2) is 0 Å². The van der Waals surface area contributed by atoms with E-state index in [0.29, 0.717) is 18.2 Å². The highest BCUT2D eigenvalue weighted by Gasteiger charge is 2.20. The Hall–Kier alpha value is -2.34. The van der Waals surface area contributed by atoms with Crippen molar-refractivity contribution in [3.8, 4) is 0 Å². The summed E-state index contributed by atoms with van der Waals surface area (Å²) < 4.78 is 25.4. The van der Waals surface area contributed by atoms with Crippen molar-refractivity contribution in [2.24, 2.45) is 0 Å². The van der Waals surface area contributed by atoms with Gasteiger partial charge in [0.2, 0.25) is 15.9 Å². The summed E-state index contributed by atoms with van der Waals surface area (Å²) in [7, 11) is -3.56. The topological polar surface area (TPSA) is 66.5 Å². The van der Waals surface area contributed by atoms with E-state index < -0.39 is 10.0 Å². The fraction of sp³-hybridized carbons (Fsp3) is 0.350. The van der Waals surface area contributed by atoms with Gasteiger partial charge >= 0.3 is 0 Å². The van der Waals surface area contributed by atoms with Gasteiger partial charge < -0.3 is 5.32 Å². The maximum Gasteiger partial charge on any atom is 0.241 e. The molecule has 0 bridgehead atoms. The quantitative estimate of drug-likeness (QED) is 0.809. The van der Waals surface area contributed by atoms with Crippen molar-refractivity contribution in [2.45, 2.75) is 33.2 Å². The van der Waals surface area contributed by atoms with E-state index in [1.54, 1.807) is 12.1 Å². The first-order valence-corrected chi connectivity index (χ1v) is 10.4. The number of hydrogen-bond acceptors (Lipinski definition) is 3. The van der Waals surface area contributed by atoms with Crippen LogP contribution in [0.4, 0.5) is 5.69 Å². The third-order valence-corrected chi connectivity index (χ3v) is 5.29. The molecule has 0 unspecified atom stereocenters. The van der Waals surface area contributed by atoms with E-state index in [9.17, 15) is 13.2 Å². The first-order valence-electron chi connectivity index (χ1n) is 8.56. The smallest absolute Gasteiger partial charge is 0.241 e. The summed E-state index contributed by atoms with van der Waals surface area (Å²) in [6.45, 7) is 6.26. The molecule has 1 amide bonds. The number of nitrogens with one attached hydrogen (secondary N) is 1. The number of anilines is 1. The standard InChI is InChI=1S/C20H26N2O3S/c1-15(2)18-9-11-19(12-10-18)22(26(4,24)25)14-20(23)21-13-17-7-5-16(3)6-8-17/h5-12,15H,13-14H2,1-4H3,(H,21,23). The molecule has 0 saturated heterocycles. The molecule has 0 saturated carbocycles. The minimum atomic E-state index is -3.56. The first-order chi connectivity index (χ1) is 12.2. The van der Waals surface area contributed by atoms with Gasteiger partial charge in [-0.1, -0.05) is 55.8 Å². The molecule has 0 atom stereocenters. The molecule has 26 heavy (non-hydrogen) atoms. The molecule has 6 heteroatoms. The van der Waals surface area contributed by atoms with E-state index in [4.69, 9.17) is 0 Å². The number of rotatable bonds is 7. The Balaban J connectivity index is 2.07. The molecule has 5 nitrogen and oxygen atoms in total. The molecule has 0 aliphatic carbocycles. The second kappa shape index (κ2) is 8.36. The molecular formula is C20H26N2O3S. The molecule has 2 aromatic rings. The van der Waals surface area contributed by atoms with Crippen LogP contribution in [-0.2, 0) is 21.4 Å². The van der Waals surface area contributed by atoms with Crippen LogP contribution in [0.3, 0.4) is 0 Å². The number of benzene rings is 2. The SMILES string of the molecule is Cc1ccc(CNC(=O)CN(c2ccc(C(C)C)cc2)S(C)(=O)=O)cc1. The van der Waals surface area contributed by atoms with Crippen molar-refractivity contribution in [3.63, 3.8) is 0 Å². The highest BCUT2D eigenvalue weighted by molar-refractivity contribution is 7.92. The molecule has 2 rings (SSSR count). The van der Waals surface area contributed by atoms with Crippen LogP contribution in [0.25, 0.3) is 0 Å². The van der Waals surface area contributed by atoms with Gasteiger partial charge in [-0.15, -0.1) is 0 Å². The fourth-order valence-corrected chi connectivity index (χ4v) is 3.37. The fourth-order valence-electron chi connectivity index (χ4n) is 2.52. The molecular weight excluding hydrogens is 348 g/mol. The lowest BCUT2D eigenvalue weighted by Crippen LogP contribution is -2.40. The number of hydrogen-bond donors (Lipinski definition) is 1. The summed E-state index contributed by atoms with van der Waals surface area (Å²) in [4.78, 5) is 12.3. The normalized spacial score (nSPS) is 11.4. The molecule has 1 N–H and O–H groups in total. The van der Waals surface area contributed by atoms with Gasteiger partial charge in [0, 0.05) is 6.54 Å². The van der Waals surface area contributed by atoms with Crippen LogP contribution in [0.1, 0.15) is 36.5 Å². The lowest BCUT2D eigenvalue weighted by Gasteiger charge is -2.22. The second-order valence-corrected chi connectivity index (χ2v) is 8.69. The van der Waals surface area contributed by atoms with E-state index >= 15 is 0 Å². The second-order valence-electron chi connectivity index (χ2n) is 6.78. The van der Waals surface area contributed by atoms with Crippen LogP contribution in [0.15, 0.2) is 48.5 Å². The van der Waals surface area contributed by atoms with Crippen molar-refractivity contribution in [1.82, 2.24) is 5.32 Å². The summed E-state index contributed by atoms with van der Waals surface area (Å²) in [6, 6.07) is 15.1. The number of carbonyl (C=O) groups is 1. The predicted octanol–water partition coefficient (Wildman–Crippen LogP) is 3.20. The molecule has 0 heterocycles. The van der Waals surface area contributed by atoms with Crippen molar-refractivity contribution in [3.05, 3.63) is 65.2 Å². The van der Waals surface area contributed by atoms with E-state index in [0.717, 1.165) is 27.3 Å². The number of sulfonamides is 1. The van der Waals surface area contributed by atoms with Gasteiger partial charge in [-0.05, 0) is 36.1 Å². The van der Waals surface area contributed by atoms with Crippen LogP contribution in [-0.4, -0.2) is 27.1 Å². The number of nitrogens with zero attached hydrogens (tertiary/aromatic N) is 1. The lowest BCUT2D eigenvalue weighted by molar-refractivity contribution is -0.119. The average Bonchev–Trinajstić information content (AvgIpc) is 2.58. The third-order valence-electron chi connectivity index (χ3n) is 4.15. The molecule has 0 aliphatic rings. The average molecular weight is 375 g/mol. The minimum Gasteiger partial charge on any atom is -0.350 e. The maximum atomic E-state index is 12.3. The highest BCUT2D eigenvalue weighted by atomic mass is 32.2. The van der Waals surface area contributed by atoms with Crippen molar-refractivity contribution in [1.29, 1.82) is 0 Å². The lowest BCUT2D eigenvalue weighted by atomic mass is 10.0. The van der Waals surface area contributed by atoms with Crippen LogP contribution >= 0.6 is 0 Å². The minimum absolute atomic E-state index is 0.244.